The molecule has 1 unspecified atom stereocenters. The van der Waals surface area contributed by atoms with Gasteiger partial charge >= 0.3 is 6.03 Å². The summed E-state index contributed by atoms with van der Waals surface area (Å²) in [6.45, 7) is 3.81. The van der Waals surface area contributed by atoms with Crippen molar-refractivity contribution in [3.8, 4) is 11.5 Å². The first-order valence-electron chi connectivity index (χ1n) is 7.90. The van der Waals surface area contributed by atoms with E-state index in [2.05, 4.69) is 10.6 Å². The quantitative estimate of drug-likeness (QED) is 0.890. The van der Waals surface area contributed by atoms with Gasteiger partial charge in [0.2, 0.25) is 12.7 Å². The molecule has 2 aliphatic heterocycles. The van der Waals surface area contributed by atoms with E-state index >= 15 is 0 Å². The van der Waals surface area contributed by atoms with Gasteiger partial charge in [-0.05, 0) is 31.9 Å². The number of hydrogen-bond acceptors (Lipinski definition) is 4. The molecule has 1 aromatic carbocycles. The normalized spacial score (nSPS) is 19.3. The molecular formula is C16H21N3O4. The molecule has 2 heterocycles. The van der Waals surface area contributed by atoms with Crippen LogP contribution in [0.1, 0.15) is 19.8 Å². The van der Waals surface area contributed by atoms with Gasteiger partial charge in [-0.25, -0.2) is 4.79 Å². The molecule has 0 aromatic heterocycles. The van der Waals surface area contributed by atoms with Crippen LogP contribution in [0.3, 0.4) is 0 Å². The second kappa shape index (κ2) is 6.76. The number of carbonyl (C=O) groups excluding carboxylic acids is 2. The number of benzene rings is 1. The highest BCUT2D eigenvalue weighted by molar-refractivity contribution is 5.90. The standard InChI is InChI=1S/C16H21N3O4/c1-2-17-15(20)11-4-3-7-19(9-11)16(21)18-12-5-6-13-14(8-12)23-10-22-13/h5-6,8,11H,2-4,7,9-10H2,1H3,(H,17,20)(H,18,21). The third-order valence-electron chi connectivity index (χ3n) is 4.05. The largest absolute Gasteiger partial charge is 0.454 e. The van der Waals surface area contributed by atoms with Gasteiger partial charge in [0.15, 0.2) is 11.5 Å². The molecule has 7 heteroatoms. The summed E-state index contributed by atoms with van der Waals surface area (Å²) < 4.78 is 10.5. The summed E-state index contributed by atoms with van der Waals surface area (Å²) >= 11 is 0. The molecule has 2 N–H and O–H groups in total. The van der Waals surface area contributed by atoms with Gasteiger partial charge in [-0.1, -0.05) is 0 Å². The summed E-state index contributed by atoms with van der Waals surface area (Å²) in [4.78, 5) is 26.0. The minimum absolute atomic E-state index is 0.0214. The predicted molar refractivity (Wildman–Crippen MR) is 84.6 cm³/mol. The van der Waals surface area contributed by atoms with Crippen LogP contribution in [-0.2, 0) is 4.79 Å². The van der Waals surface area contributed by atoms with E-state index in [4.69, 9.17) is 9.47 Å². The number of hydrogen-bond donors (Lipinski definition) is 2. The van der Waals surface area contributed by atoms with Crippen LogP contribution in [0.4, 0.5) is 10.5 Å². The van der Waals surface area contributed by atoms with Gasteiger partial charge < -0.3 is 25.0 Å². The number of carbonyl (C=O) groups is 2. The lowest BCUT2D eigenvalue weighted by molar-refractivity contribution is -0.126. The summed E-state index contributed by atoms with van der Waals surface area (Å²) in [6.07, 6.45) is 1.65. The minimum Gasteiger partial charge on any atom is -0.454 e. The lowest BCUT2D eigenvalue weighted by Gasteiger charge is -2.32. The Labute approximate surface area is 134 Å². The van der Waals surface area contributed by atoms with Crippen LogP contribution >= 0.6 is 0 Å². The lowest BCUT2D eigenvalue weighted by atomic mass is 9.97. The Hall–Kier alpha value is -2.44. The van der Waals surface area contributed by atoms with Crippen LogP contribution in [-0.4, -0.2) is 43.3 Å². The number of nitrogens with zero attached hydrogens (tertiary/aromatic N) is 1. The molecule has 0 saturated carbocycles. The van der Waals surface area contributed by atoms with Crippen LogP contribution < -0.4 is 20.1 Å². The predicted octanol–water partition coefficient (Wildman–Crippen LogP) is 1.80. The van der Waals surface area contributed by atoms with E-state index in [0.717, 1.165) is 12.8 Å². The molecule has 1 aromatic rings. The number of rotatable bonds is 3. The molecule has 0 radical (unpaired) electrons. The van der Waals surface area contributed by atoms with Gasteiger partial charge in [0, 0.05) is 31.4 Å². The van der Waals surface area contributed by atoms with Crippen molar-refractivity contribution in [3.63, 3.8) is 0 Å². The Kier molecular flexibility index (Phi) is 4.55. The monoisotopic (exact) mass is 319 g/mol. The van der Waals surface area contributed by atoms with Crippen LogP contribution in [0.25, 0.3) is 0 Å². The van der Waals surface area contributed by atoms with Crippen molar-refractivity contribution in [3.05, 3.63) is 18.2 Å². The molecule has 1 atom stereocenters. The number of ether oxygens (including phenoxy) is 2. The van der Waals surface area contributed by atoms with E-state index in [9.17, 15) is 9.59 Å². The van der Waals surface area contributed by atoms with Gasteiger partial charge in [-0.15, -0.1) is 0 Å². The Bertz CT molecular complexity index is 605. The molecule has 0 spiro atoms. The third kappa shape index (κ3) is 3.49. The van der Waals surface area contributed by atoms with Crippen molar-refractivity contribution in [1.29, 1.82) is 0 Å². The number of nitrogens with one attached hydrogen (secondary N) is 2. The first kappa shape index (κ1) is 15.5. The van der Waals surface area contributed by atoms with Gasteiger partial charge in [-0.3, -0.25) is 4.79 Å². The molecule has 0 bridgehead atoms. The van der Waals surface area contributed by atoms with Crippen LogP contribution in [0, 0.1) is 5.92 Å². The SMILES string of the molecule is CCNC(=O)C1CCCN(C(=O)Nc2ccc3c(c2)OCO3)C1. The Morgan fingerprint density at radius 3 is 2.96 bits per heavy atom. The second-order valence-electron chi connectivity index (χ2n) is 5.68. The maximum atomic E-state index is 12.4. The van der Waals surface area contributed by atoms with Gasteiger partial charge in [0.25, 0.3) is 0 Å². The zero-order chi connectivity index (χ0) is 16.2. The highest BCUT2D eigenvalue weighted by Gasteiger charge is 2.28. The molecule has 0 aliphatic carbocycles. The van der Waals surface area contributed by atoms with E-state index in [1.165, 1.54) is 0 Å². The molecule has 124 valence electrons. The van der Waals surface area contributed by atoms with Gasteiger partial charge in [0.05, 0.1) is 5.92 Å². The Morgan fingerprint density at radius 1 is 1.30 bits per heavy atom. The van der Waals surface area contributed by atoms with Crippen molar-refractivity contribution in [2.75, 3.05) is 31.7 Å². The highest BCUT2D eigenvalue weighted by atomic mass is 16.7. The number of urea groups is 1. The number of likely N-dealkylation sites (tertiary alicyclic amines) is 1. The van der Waals surface area contributed by atoms with Crippen molar-refractivity contribution < 1.29 is 19.1 Å². The van der Waals surface area contributed by atoms with Gasteiger partial charge in [0.1, 0.15) is 0 Å². The minimum atomic E-state index is -0.196. The van der Waals surface area contributed by atoms with Crippen LogP contribution in [0.5, 0.6) is 11.5 Å². The average Bonchev–Trinajstić information content (AvgIpc) is 3.03. The summed E-state index contributed by atoms with van der Waals surface area (Å²) in [5.74, 6) is 1.19. The van der Waals surface area contributed by atoms with E-state index < -0.39 is 0 Å². The zero-order valence-electron chi connectivity index (χ0n) is 13.1. The molecule has 1 saturated heterocycles. The van der Waals surface area contributed by atoms with Crippen molar-refractivity contribution in [2.24, 2.45) is 5.92 Å². The van der Waals surface area contributed by atoms with E-state index in [1.54, 1.807) is 23.1 Å². The number of amides is 3. The van der Waals surface area contributed by atoms with Gasteiger partial charge in [-0.2, -0.15) is 0 Å². The maximum Gasteiger partial charge on any atom is 0.321 e. The third-order valence-corrected chi connectivity index (χ3v) is 4.05. The topological polar surface area (TPSA) is 79.9 Å². The number of piperidine rings is 1. The Morgan fingerprint density at radius 2 is 2.13 bits per heavy atom. The second-order valence-corrected chi connectivity index (χ2v) is 5.68. The summed E-state index contributed by atoms with van der Waals surface area (Å²) in [5.41, 5.74) is 0.652. The van der Waals surface area contributed by atoms with Crippen LogP contribution in [0.15, 0.2) is 18.2 Å². The van der Waals surface area contributed by atoms with E-state index in [1.807, 2.05) is 6.92 Å². The molecule has 3 rings (SSSR count). The summed E-state index contributed by atoms with van der Waals surface area (Å²) in [5, 5.41) is 5.68. The first-order valence-corrected chi connectivity index (χ1v) is 7.90. The fourth-order valence-electron chi connectivity index (χ4n) is 2.87. The summed E-state index contributed by atoms with van der Waals surface area (Å²) in [6, 6.07) is 5.09. The molecular weight excluding hydrogens is 298 g/mol. The van der Waals surface area contributed by atoms with Crippen molar-refractivity contribution in [1.82, 2.24) is 10.2 Å². The van der Waals surface area contributed by atoms with Crippen molar-refractivity contribution in [2.45, 2.75) is 19.8 Å². The maximum absolute atomic E-state index is 12.4. The van der Waals surface area contributed by atoms with Crippen LogP contribution in [0.2, 0.25) is 0 Å². The highest BCUT2D eigenvalue weighted by Crippen LogP contribution is 2.34. The number of anilines is 1. The molecule has 3 amide bonds. The molecule has 1 fully saturated rings. The molecule has 23 heavy (non-hydrogen) atoms. The average molecular weight is 319 g/mol. The Balaban J connectivity index is 1.60. The molecule has 2 aliphatic rings. The number of fused-ring (bicyclic) bond motifs is 1. The van der Waals surface area contributed by atoms with Crippen molar-refractivity contribution >= 4 is 17.6 Å². The summed E-state index contributed by atoms with van der Waals surface area (Å²) in [7, 11) is 0. The van der Waals surface area contributed by atoms with E-state index in [0.29, 0.717) is 36.8 Å². The fourth-order valence-corrected chi connectivity index (χ4v) is 2.87. The van der Waals surface area contributed by atoms with E-state index in [-0.39, 0.29) is 24.6 Å². The first-order chi connectivity index (χ1) is 11.2. The zero-order valence-corrected chi connectivity index (χ0v) is 13.1. The molecule has 7 nitrogen and oxygen atoms in total. The smallest absolute Gasteiger partial charge is 0.321 e. The lowest BCUT2D eigenvalue weighted by Crippen LogP contribution is -2.46. The fraction of sp³-hybridized carbons (Fsp3) is 0.500.